The summed E-state index contributed by atoms with van der Waals surface area (Å²) in [5.41, 5.74) is 7.08. The van der Waals surface area contributed by atoms with Gasteiger partial charge in [-0.25, -0.2) is 0 Å². The van der Waals surface area contributed by atoms with Crippen molar-refractivity contribution in [2.24, 2.45) is 5.73 Å². The minimum atomic E-state index is -0.279. The third kappa shape index (κ3) is 1.76. The molecule has 0 radical (unpaired) electrons. The fourth-order valence-corrected chi connectivity index (χ4v) is 1.89. The molecule has 0 saturated carbocycles. The molecule has 1 aliphatic rings. The molecule has 1 atom stereocenters. The average molecular weight is 231 g/mol. The van der Waals surface area contributed by atoms with Gasteiger partial charge >= 0.3 is 0 Å². The largest absolute Gasteiger partial charge is 0.464 e. The maximum atomic E-state index is 6.13. The first-order valence-corrected chi connectivity index (χ1v) is 5.45. The Morgan fingerprint density at radius 3 is 2.71 bits per heavy atom. The van der Waals surface area contributed by atoms with Crippen LogP contribution in [0, 0.1) is 6.92 Å². The van der Waals surface area contributed by atoms with Gasteiger partial charge < -0.3 is 19.6 Å². The Hall–Kier alpha value is -1.94. The highest BCUT2D eigenvalue weighted by molar-refractivity contribution is 5.46. The summed E-state index contributed by atoms with van der Waals surface area (Å²) in [5, 5.41) is 0. The van der Waals surface area contributed by atoms with Gasteiger partial charge in [-0.15, -0.1) is 0 Å². The Morgan fingerprint density at radius 2 is 1.94 bits per heavy atom. The smallest absolute Gasteiger partial charge is 0.231 e. The van der Waals surface area contributed by atoms with Crippen molar-refractivity contribution in [1.82, 2.24) is 0 Å². The molecule has 1 unspecified atom stereocenters. The topological polar surface area (TPSA) is 57.6 Å². The van der Waals surface area contributed by atoms with Gasteiger partial charge in [0.15, 0.2) is 11.5 Å². The van der Waals surface area contributed by atoms with Crippen LogP contribution in [0.25, 0.3) is 0 Å². The van der Waals surface area contributed by atoms with Gasteiger partial charge in [-0.3, -0.25) is 0 Å². The van der Waals surface area contributed by atoms with Crippen LogP contribution in [0.4, 0.5) is 0 Å². The first kappa shape index (κ1) is 10.2. The highest BCUT2D eigenvalue weighted by atomic mass is 16.7. The van der Waals surface area contributed by atoms with Gasteiger partial charge in [-0.2, -0.15) is 0 Å². The second-order valence-corrected chi connectivity index (χ2v) is 4.04. The van der Waals surface area contributed by atoms with Gasteiger partial charge in [-0.1, -0.05) is 6.07 Å². The lowest BCUT2D eigenvalue weighted by molar-refractivity contribution is 0.174. The number of ether oxygens (including phenoxy) is 2. The predicted molar refractivity (Wildman–Crippen MR) is 62.0 cm³/mol. The Kier molecular flexibility index (Phi) is 2.30. The first-order valence-electron chi connectivity index (χ1n) is 5.45. The number of hydrogen-bond donors (Lipinski definition) is 1. The van der Waals surface area contributed by atoms with Crippen LogP contribution in [0.2, 0.25) is 0 Å². The number of rotatable bonds is 2. The second-order valence-electron chi connectivity index (χ2n) is 4.04. The van der Waals surface area contributed by atoms with Crippen LogP contribution < -0.4 is 15.2 Å². The summed E-state index contributed by atoms with van der Waals surface area (Å²) < 4.78 is 16.1. The second kappa shape index (κ2) is 3.82. The molecular weight excluding hydrogens is 218 g/mol. The molecule has 2 aromatic rings. The SMILES string of the molecule is Cc1ccc(C(N)c2ccc3c(c2)OCO3)o1. The van der Waals surface area contributed by atoms with E-state index in [1.165, 1.54) is 0 Å². The zero-order valence-corrected chi connectivity index (χ0v) is 9.47. The zero-order chi connectivity index (χ0) is 11.8. The van der Waals surface area contributed by atoms with E-state index in [0.29, 0.717) is 0 Å². The van der Waals surface area contributed by atoms with Crippen LogP contribution in [0.1, 0.15) is 23.1 Å². The lowest BCUT2D eigenvalue weighted by Crippen LogP contribution is -2.10. The maximum absolute atomic E-state index is 6.13. The van der Waals surface area contributed by atoms with Crippen molar-refractivity contribution in [3.63, 3.8) is 0 Å². The molecule has 3 rings (SSSR count). The standard InChI is InChI=1S/C13H13NO3/c1-8-2-4-11(17-8)13(14)9-3-5-10-12(6-9)16-7-15-10/h2-6,13H,7,14H2,1H3. The van der Waals surface area contributed by atoms with Crippen molar-refractivity contribution in [1.29, 1.82) is 0 Å². The molecule has 2 heterocycles. The quantitative estimate of drug-likeness (QED) is 0.862. The van der Waals surface area contributed by atoms with Crippen LogP contribution in [0.15, 0.2) is 34.7 Å². The van der Waals surface area contributed by atoms with E-state index in [2.05, 4.69) is 0 Å². The monoisotopic (exact) mass is 231 g/mol. The molecule has 0 saturated heterocycles. The molecule has 0 amide bonds. The Morgan fingerprint density at radius 1 is 1.12 bits per heavy atom. The number of benzene rings is 1. The minimum absolute atomic E-state index is 0.272. The molecule has 1 aliphatic heterocycles. The van der Waals surface area contributed by atoms with Gasteiger partial charge in [0.25, 0.3) is 0 Å². The van der Waals surface area contributed by atoms with Crippen LogP contribution >= 0.6 is 0 Å². The molecule has 1 aromatic carbocycles. The lowest BCUT2D eigenvalue weighted by Gasteiger charge is -2.09. The van der Waals surface area contributed by atoms with Crippen molar-refractivity contribution in [2.75, 3.05) is 6.79 Å². The predicted octanol–water partition coefficient (Wildman–Crippen LogP) is 2.36. The molecular formula is C13H13NO3. The van der Waals surface area contributed by atoms with E-state index in [1.807, 2.05) is 37.3 Å². The van der Waals surface area contributed by atoms with Crippen LogP contribution in [-0.4, -0.2) is 6.79 Å². The molecule has 0 spiro atoms. The van der Waals surface area contributed by atoms with Crippen molar-refractivity contribution in [3.8, 4) is 11.5 Å². The van der Waals surface area contributed by atoms with Gasteiger partial charge in [0.2, 0.25) is 6.79 Å². The van der Waals surface area contributed by atoms with Crippen molar-refractivity contribution in [3.05, 3.63) is 47.4 Å². The van der Waals surface area contributed by atoms with Crippen molar-refractivity contribution < 1.29 is 13.9 Å². The van der Waals surface area contributed by atoms with E-state index in [9.17, 15) is 0 Å². The van der Waals surface area contributed by atoms with Crippen LogP contribution in [0.3, 0.4) is 0 Å². The van der Waals surface area contributed by atoms with Crippen molar-refractivity contribution in [2.45, 2.75) is 13.0 Å². The third-order valence-electron chi connectivity index (χ3n) is 2.82. The summed E-state index contributed by atoms with van der Waals surface area (Å²) in [7, 11) is 0. The fourth-order valence-electron chi connectivity index (χ4n) is 1.89. The molecule has 0 aliphatic carbocycles. The van der Waals surface area contributed by atoms with E-state index >= 15 is 0 Å². The molecule has 17 heavy (non-hydrogen) atoms. The Balaban J connectivity index is 1.94. The number of fused-ring (bicyclic) bond motifs is 1. The summed E-state index contributed by atoms with van der Waals surface area (Å²) in [6.07, 6.45) is 0. The fraction of sp³-hybridized carbons (Fsp3) is 0.231. The summed E-state index contributed by atoms with van der Waals surface area (Å²) in [6, 6.07) is 9.21. The molecule has 4 heteroatoms. The van der Waals surface area contributed by atoms with E-state index in [4.69, 9.17) is 19.6 Å². The summed E-state index contributed by atoms with van der Waals surface area (Å²) in [5.74, 6) is 3.11. The van der Waals surface area contributed by atoms with Crippen molar-refractivity contribution >= 4 is 0 Å². The van der Waals surface area contributed by atoms with E-state index in [-0.39, 0.29) is 12.8 Å². The Labute approximate surface area is 98.9 Å². The van der Waals surface area contributed by atoms with E-state index < -0.39 is 0 Å². The summed E-state index contributed by atoms with van der Waals surface area (Å²) in [6.45, 7) is 2.17. The maximum Gasteiger partial charge on any atom is 0.231 e. The number of hydrogen-bond acceptors (Lipinski definition) is 4. The highest BCUT2D eigenvalue weighted by Crippen LogP contribution is 2.35. The number of nitrogens with two attached hydrogens (primary N) is 1. The molecule has 88 valence electrons. The van der Waals surface area contributed by atoms with Crippen LogP contribution in [0.5, 0.6) is 11.5 Å². The first-order chi connectivity index (χ1) is 8.24. The summed E-state index contributed by atoms with van der Waals surface area (Å²) >= 11 is 0. The van der Waals surface area contributed by atoms with Gasteiger partial charge in [0, 0.05) is 0 Å². The van der Waals surface area contributed by atoms with E-state index in [1.54, 1.807) is 0 Å². The molecule has 4 nitrogen and oxygen atoms in total. The minimum Gasteiger partial charge on any atom is -0.464 e. The molecule has 0 bridgehead atoms. The number of furan rings is 1. The zero-order valence-electron chi connectivity index (χ0n) is 9.47. The third-order valence-corrected chi connectivity index (χ3v) is 2.82. The Bertz CT molecular complexity index is 547. The molecule has 2 N–H and O–H groups in total. The van der Waals surface area contributed by atoms with Crippen LogP contribution in [-0.2, 0) is 0 Å². The van der Waals surface area contributed by atoms with Gasteiger partial charge in [-0.05, 0) is 36.8 Å². The van der Waals surface area contributed by atoms with Gasteiger partial charge in [0.1, 0.15) is 11.5 Å². The van der Waals surface area contributed by atoms with E-state index in [0.717, 1.165) is 28.6 Å². The lowest BCUT2D eigenvalue weighted by atomic mass is 10.1. The molecule has 1 aromatic heterocycles. The van der Waals surface area contributed by atoms with Gasteiger partial charge in [0.05, 0.1) is 6.04 Å². The normalized spacial score (nSPS) is 14.9. The highest BCUT2D eigenvalue weighted by Gasteiger charge is 2.18. The number of aryl methyl sites for hydroxylation is 1. The average Bonchev–Trinajstić information content (AvgIpc) is 2.95. The molecule has 0 fully saturated rings. The summed E-state index contributed by atoms with van der Waals surface area (Å²) in [4.78, 5) is 0.